The van der Waals surface area contributed by atoms with E-state index in [9.17, 15) is 13.6 Å². The minimum atomic E-state index is -0.315. The molecule has 2 N–H and O–H groups in total. The fourth-order valence-electron chi connectivity index (χ4n) is 2.58. The molecular formula is C21H19F2N3O. The Kier molecular flexibility index (Phi) is 6.10. The quantitative estimate of drug-likeness (QED) is 0.665. The van der Waals surface area contributed by atoms with Crippen molar-refractivity contribution in [2.75, 3.05) is 11.9 Å². The predicted octanol–water partition coefficient (Wildman–Crippen LogP) is 3.94. The van der Waals surface area contributed by atoms with Gasteiger partial charge in [0, 0.05) is 24.8 Å². The molecule has 138 valence electrons. The lowest BCUT2D eigenvalue weighted by Crippen LogP contribution is -2.23. The van der Waals surface area contributed by atoms with Crippen LogP contribution in [0.15, 0.2) is 66.9 Å². The maximum atomic E-state index is 13.6. The average Bonchev–Trinajstić information content (AvgIpc) is 2.69. The molecule has 0 saturated carbocycles. The van der Waals surface area contributed by atoms with E-state index in [2.05, 4.69) is 15.6 Å². The van der Waals surface area contributed by atoms with E-state index in [1.165, 1.54) is 24.4 Å². The largest absolute Gasteiger partial charge is 0.370 e. The van der Waals surface area contributed by atoms with E-state index in [1.807, 2.05) is 0 Å². The molecule has 2 aromatic carbocycles. The molecule has 0 aliphatic rings. The number of nitrogens with zero attached hydrogens (tertiary/aromatic N) is 1. The Balaban J connectivity index is 1.53. The third kappa shape index (κ3) is 5.34. The lowest BCUT2D eigenvalue weighted by molar-refractivity contribution is 0.0951. The van der Waals surface area contributed by atoms with Crippen LogP contribution in [0.3, 0.4) is 0 Å². The highest BCUT2D eigenvalue weighted by Gasteiger charge is 2.07. The minimum Gasteiger partial charge on any atom is -0.370 e. The van der Waals surface area contributed by atoms with Crippen molar-refractivity contribution < 1.29 is 13.6 Å². The summed E-state index contributed by atoms with van der Waals surface area (Å²) in [5.74, 6) is -0.258. The van der Waals surface area contributed by atoms with Crippen molar-refractivity contribution in [2.45, 2.75) is 13.0 Å². The van der Waals surface area contributed by atoms with Crippen LogP contribution in [0.1, 0.15) is 21.5 Å². The summed E-state index contributed by atoms with van der Waals surface area (Å²) in [5, 5.41) is 5.88. The molecular weight excluding hydrogens is 348 g/mol. The minimum absolute atomic E-state index is 0.235. The normalized spacial score (nSPS) is 10.4. The number of pyridine rings is 1. The molecule has 0 radical (unpaired) electrons. The summed E-state index contributed by atoms with van der Waals surface area (Å²) in [4.78, 5) is 16.5. The van der Waals surface area contributed by atoms with E-state index in [0.717, 1.165) is 5.56 Å². The van der Waals surface area contributed by atoms with Crippen molar-refractivity contribution in [1.29, 1.82) is 0 Å². The number of hydrogen-bond donors (Lipinski definition) is 2. The Labute approximate surface area is 156 Å². The highest BCUT2D eigenvalue weighted by molar-refractivity contribution is 5.94. The Morgan fingerprint density at radius 3 is 2.56 bits per heavy atom. The summed E-state index contributed by atoms with van der Waals surface area (Å²) in [6.45, 7) is 0.798. The monoisotopic (exact) mass is 367 g/mol. The third-order valence-corrected chi connectivity index (χ3v) is 4.05. The van der Waals surface area contributed by atoms with Gasteiger partial charge in [0.15, 0.2) is 0 Å². The Hall–Kier alpha value is -3.28. The molecule has 27 heavy (non-hydrogen) atoms. The Bertz CT molecular complexity index is 913. The third-order valence-electron chi connectivity index (χ3n) is 4.05. The lowest BCUT2D eigenvalue weighted by atomic mass is 10.1. The molecule has 1 heterocycles. The number of amides is 1. The second-order valence-corrected chi connectivity index (χ2v) is 6.01. The molecule has 0 atom stereocenters. The van der Waals surface area contributed by atoms with Gasteiger partial charge in [-0.25, -0.2) is 13.8 Å². The summed E-state index contributed by atoms with van der Waals surface area (Å²) >= 11 is 0. The Morgan fingerprint density at radius 2 is 1.78 bits per heavy atom. The first-order valence-electron chi connectivity index (χ1n) is 8.58. The molecule has 4 nitrogen and oxygen atoms in total. The number of carbonyl (C=O) groups excluding carboxylic acids is 1. The van der Waals surface area contributed by atoms with E-state index in [4.69, 9.17) is 0 Å². The first-order chi connectivity index (χ1) is 13.1. The van der Waals surface area contributed by atoms with E-state index in [-0.39, 0.29) is 17.5 Å². The summed E-state index contributed by atoms with van der Waals surface area (Å²) in [6, 6.07) is 15.8. The zero-order chi connectivity index (χ0) is 19.1. The second kappa shape index (κ2) is 8.89. The highest BCUT2D eigenvalue weighted by Crippen LogP contribution is 2.10. The zero-order valence-electron chi connectivity index (χ0n) is 14.6. The van der Waals surface area contributed by atoms with Crippen LogP contribution in [-0.2, 0) is 13.0 Å². The number of halogens is 2. The van der Waals surface area contributed by atoms with Crippen LogP contribution in [0.4, 0.5) is 14.6 Å². The van der Waals surface area contributed by atoms with Crippen LogP contribution in [0.2, 0.25) is 0 Å². The molecule has 0 aliphatic carbocycles. The summed E-state index contributed by atoms with van der Waals surface area (Å²) in [5.41, 5.74) is 1.89. The van der Waals surface area contributed by atoms with Crippen LogP contribution >= 0.6 is 0 Å². The number of aromatic nitrogens is 1. The molecule has 1 aromatic heterocycles. The van der Waals surface area contributed by atoms with Crippen molar-refractivity contribution in [1.82, 2.24) is 10.3 Å². The molecule has 1 amide bonds. The number of hydrogen-bond acceptors (Lipinski definition) is 3. The van der Waals surface area contributed by atoms with Gasteiger partial charge >= 0.3 is 0 Å². The molecule has 0 bridgehead atoms. The summed E-state index contributed by atoms with van der Waals surface area (Å²) < 4.78 is 26.5. The van der Waals surface area contributed by atoms with E-state index in [0.29, 0.717) is 36.5 Å². The number of rotatable bonds is 7. The van der Waals surface area contributed by atoms with Gasteiger partial charge in [0.25, 0.3) is 5.91 Å². The van der Waals surface area contributed by atoms with Crippen molar-refractivity contribution in [3.63, 3.8) is 0 Å². The lowest BCUT2D eigenvalue weighted by Gasteiger charge is -2.09. The number of nitrogens with one attached hydrogen (secondary N) is 2. The van der Waals surface area contributed by atoms with Gasteiger partial charge in [-0.15, -0.1) is 0 Å². The van der Waals surface area contributed by atoms with Crippen LogP contribution < -0.4 is 10.6 Å². The molecule has 0 fully saturated rings. The number of benzene rings is 2. The standard InChI is InChI=1S/C21H19F2N3O/c22-18-7-5-15(6-8-18)14-26-21(27)17-10-12-25-20(13-17)24-11-9-16-3-1-2-4-19(16)23/h1-8,10,12-13H,9,11,14H2,(H,24,25)(H,26,27). The van der Waals surface area contributed by atoms with Gasteiger partial charge in [-0.05, 0) is 47.9 Å². The van der Waals surface area contributed by atoms with Gasteiger partial charge in [0.05, 0.1) is 0 Å². The van der Waals surface area contributed by atoms with Crippen molar-refractivity contribution >= 4 is 11.7 Å². The first kappa shape index (κ1) is 18.5. The summed E-state index contributed by atoms with van der Waals surface area (Å²) in [6.07, 6.45) is 2.05. The molecule has 3 rings (SSSR count). The van der Waals surface area contributed by atoms with E-state index < -0.39 is 0 Å². The van der Waals surface area contributed by atoms with Crippen molar-refractivity contribution in [2.24, 2.45) is 0 Å². The van der Waals surface area contributed by atoms with Gasteiger partial charge in [0.2, 0.25) is 0 Å². The van der Waals surface area contributed by atoms with Crippen molar-refractivity contribution in [3.8, 4) is 0 Å². The summed E-state index contributed by atoms with van der Waals surface area (Å²) in [7, 11) is 0. The van der Waals surface area contributed by atoms with Crippen molar-refractivity contribution in [3.05, 3.63) is 95.2 Å². The van der Waals surface area contributed by atoms with Crippen LogP contribution in [0, 0.1) is 11.6 Å². The maximum absolute atomic E-state index is 13.6. The molecule has 0 unspecified atom stereocenters. The Morgan fingerprint density at radius 1 is 1.00 bits per heavy atom. The topological polar surface area (TPSA) is 54.0 Å². The molecule has 6 heteroatoms. The zero-order valence-corrected chi connectivity index (χ0v) is 14.6. The molecule has 0 saturated heterocycles. The molecule has 3 aromatic rings. The number of carbonyl (C=O) groups is 1. The van der Waals surface area contributed by atoms with E-state index in [1.54, 1.807) is 42.5 Å². The molecule has 0 spiro atoms. The average molecular weight is 367 g/mol. The van der Waals surface area contributed by atoms with Crippen LogP contribution in [0.25, 0.3) is 0 Å². The predicted molar refractivity (Wildman–Crippen MR) is 100 cm³/mol. The van der Waals surface area contributed by atoms with Gasteiger partial charge in [-0.1, -0.05) is 30.3 Å². The van der Waals surface area contributed by atoms with Gasteiger partial charge < -0.3 is 10.6 Å². The number of anilines is 1. The smallest absolute Gasteiger partial charge is 0.251 e. The highest BCUT2D eigenvalue weighted by atomic mass is 19.1. The SMILES string of the molecule is O=C(NCc1ccc(F)cc1)c1ccnc(NCCc2ccccc2F)c1. The van der Waals surface area contributed by atoms with Gasteiger partial charge in [-0.2, -0.15) is 0 Å². The van der Waals surface area contributed by atoms with Gasteiger partial charge in [0.1, 0.15) is 17.5 Å². The fourth-order valence-corrected chi connectivity index (χ4v) is 2.58. The first-order valence-corrected chi connectivity index (χ1v) is 8.58. The van der Waals surface area contributed by atoms with Crippen LogP contribution in [0.5, 0.6) is 0 Å². The maximum Gasteiger partial charge on any atom is 0.251 e. The second-order valence-electron chi connectivity index (χ2n) is 6.01. The van der Waals surface area contributed by atoms with E-state index >= 15 is 0 Å². The van der Waals surface area contributed by atoms with Crippen LogP contribution in [-0.4, -0.2) is 17.4 Å². The van der Waals surface area contributed by atoms with Gasteiger partial charge in [-0.3, -0.25) is 4.79 Å². The molecule has 0 aliphatic heterocycles. The fraction of sp³-hybridized carbons (Fsp3) is 0.143.